The van der Waals surface area contributed by atoms with Gasteiger partial charge in [0, 0.05) is 20.8 Å². The van der Waals surface area contributed by atoms with E-state index >= 15 is 0 Å². The number of nitrogens with two attached hydrogens (primary N) is 1. The van der Waals surface area contributed by atoms with E-state index in [0.717, 1.165) is 0 Å². The van der Waals surface area contributed by atoms with Crippen molar-refractivity contribution >= 4 is 11.7 Å². The number of carbonyl (C=O) groups is 1. The molecule has 1 heterocycles. The van der Waals surface area contributed by atoms with Crippen molar-refractivity contribution in [3.63, 3.8) is 0 Å². The molecule has 112 valence electrons. The molecule has 0 aliphatic heterocycles. The Balaban J connectivity index is 2.90. The average Bonchev–Trinajstić information content (AvgIpc) is 2.47. The van der Waals surface area contributed by atoms with Crippen LogP contribution in [0.4, 0.5) is 5.82 Å². The van der Waals surface area contributed by atoms with Gasteiger partial charge in [-0.1, -0.05) is 0 Å². The van der Waals surface area contributed by atoms with Gasteiger partial charge in [-0.2, -0.15) is 0 Å². The van der Waals surface area contributed by atoms with Crippen molar-refractivity contribution in [2.24, 2.45) is 5.84 Å². The molecule has 8 heteroatoms. The van der Waals surface area contributed by atoms with Crippen LogP contribution in [0, 0.1) is 0 Å². The maximum atomic E-state index is 12.5. The van der Waals surface area contributed by atoms with Gasteiger partial charge in [0.15, 0.2) is 5.82 Å². The summed E-state index contributed by atoms with van der Waals surface area (Å²) in [4.78, 5) is 22.1. The van der Waals surface area contributed by atoms with Crippen LogP contribution in [0.5, 0.6) is 0 Å². The van der Waals surface area contributed by atoms with Gasteiger partial charge >= 0.3 is 0 Å². The molecule has 1 aromatic rings. The Labute approximate surface area is 118 Å². The minimum Gasteiger partial charge on any atom is -0.383 e. The lowest BCUT2D eigenvalue weighted by molar-refractivity contribution is 0.0474. The Morgan fingerprint density at radius 1 is 1.45 bits per heavy atom. The molecule has 0 aromatic carbocycles. The minimum absolute atomic E-state index is 0.0982. The Morgan fingerprint density at radius 3 is 2.80 bits per heavy atom. The molecule has 0 fully saturated rings. The van der Waals surface area contributed by atoms with Crippen molar-refractivity contribution in [1.29, 1.82) is 0 Å². The standard InChI is InChI=1S/C12H21N5O3/c1-9(8-20-3)17(4-5-19-2)12(18)10-6-14-7-11(15-10)16-13/h6-7,9H,4-5,8,13H2,1-3H3,(H,15,16). The molecular formula is C12H21N5O3. The molecule has 0 radical (unpaired) electrons. The fraction of sp³-hybridized carbons (Fsp3) is 0.583. The summed E-state index contributed by atoms with van der Waals surface area (Å²) in [6.45, 7) is 3.21. The van der Waals surface area contributed by atoms with Gasteiger partial charge in [0.2, 0.25) is 0 Å². The zero-order valence-electron chi connectivity index (χ0n) is 12.0. The molecular weight excluding hydrogens is 262 g/mol. The van der Waals surface area contributed by atoms with E-state index in [1.807, 2.05) is 6.92 Å². The molecule has 0 bridgehead atoms. The molecule has 1 aromatic heterocycles. The predicted octanol–water partition coefficient (Wildman–Crippen LogP) is -0.114. The summed E-state index contributed by atoms with van der Waals surface area (Å²) in [5, 5.41) is 0. The van der Waals surface area contributed by atoms with Gasteiger partial charge in [-0.15, -0.1) is 0 Å². The third-order valence-corrected chi connectivity index (χ3v) is 2.74. The third kappa shape index (κ3) is 4.41. The number of nitrogens with zero attached hydrogens (tertiary/aromatic N) is 3. The maximum absolute atomic E-state index is 12.5. The van der Waals surface area contributed by atoms with Crippen LogP contribution in [0.1, 0.15) is 17.4 Å². The highest BCUT2D eigenvalue weighted by molar-refractivity contribution is 5.92. The molecule has 0 aliphatic carbocycles. The van der Waals surface area contributed by atoms with Crippen LogP contribution < -0.4 is 11.3 Å². The summed E-state index contributed by atoms with van der Waals surface area (Å²) < 4.78 is 10.1. The molecule has 1 unspecified atom stereocenters. The first-order chi connectivity index (χ1) is 9.63. The lowest BCUT2D eigenvalue weighted by atomic mass is 10.2. The van der Waals surface area contributed by atoms with Crippen molar-refractivity contribution < 1.29 is 14.3 Å². The normalized spacial score (nSPS) is 12.0. The van der Waals surface area contributed by atoms with Crippen LogP contribution in [0.3, 0.4) is 0 Å². The van der Waals surface area contributed by atoms with E-state index < -0.39 is 0 Å². The predicted molar refractivity (Wildman–Crippen MR) is 74.1 cm³/mol. The third-order valence-electron chi connectivity index (χ3n) is 2.74. The van der Waals surface area contributed by atoms with Gasteiger partial charge in [0.25, 0.3) is 5.91 Å². The second-order valence-corrected chi connectivity index (χ2v) is 4.23. The fourth-order valence-electron chi connectivity index (χ4n) is 1.73. The molecule has 3 N–H and O–H groups in total. The number of hydrogen-bond acceptors (Lipinski definition) is 7. The number of methoxy groups -OCH3 is 2. The number of rotatable bonds is 8. The summed E-state index contributed by atoms with van der Waals surface area (Å²) in [7, 11) is 3.18. The Hall–Kier alpha value is -1.77. The van der Waals surface area contributed by atoms with E-state index in [1.54, 1.807) is 19.1 Å². The first kappa shape index (κ1) is 16.3. The first-order valence-electron chi connectivity index (χ1n) is 6.21. The highest BCUT2D eigenvalue weighted by atomic mass is 16.5. The Morgan fingerprint density at radius 2 is 2.20 bits per heavy atom. The summed E-state index contributed by atoms with van der Waals surface area (Å²) in [5.74, 6) is 5.36. The minimum atomic E-state index is -0.240. The van der Waals surface area contributed by atoms with E-state index in [1.165, 1.54) is 12.4 Å². The van der Waals surface area contributed by atoms with Crippen LogP contribution in [0.2, 0.25) is 0 Å². The monoisotopic (exact) mass is 283 g/mol. The lowest BCUT2D eigenvalue weighted by Crippen LogP contribution is -2.43. The van der Waals surface area contributed by atoms with Gasteiger partial charge < -0.3 is 19.8 Å². The zero-order valence-corrected chi connectivity index (χ0v) is 12.0. The number of anilines is 1. The second kappa shape index (κ2) is 8.41. The molecule has 20 heavy (non-hydrogen) atoms. The number of hydrazine groups is 1. The number of amides is 1. The maximum Gasteiger partial charge on any atom is 0.274 e. The van der Waals surface area contributed by atoms with E-state index in [2.05, 4.69) is 15.4 Å². The van der Waals surface area contributed by atoms with E-state index in [0.29, 0.717) is 25.6 Å². The van der Waals surface area contributed by atoms with Gasteiger partial charge in [-0.3, -0.25) is 9.78 Å². The number of carbonyl (C=O) groups excluding carboxylic acids is 1. The summed E-state index contributed by atoms with van der Waals surface area (Å²) in [6.07, 6.45) is 2.84. The number of nitrogen functional groups attached to an aromatic ring is 1. The van der Waals surface area contributed by atoms with Crippen LogP contribution in [0.15, 0.2) is 12.4 Å². The van der Waals surface area contributed by atoms with Crippen LogP contribution in [-0.4, -0.2) is 60.8 Å². The van der Waals surface area contributed by atoms with Crippen LogP contribution in [-0.2, 0) is 9.47 Å². The SMILES string of the molecule is COCCN(C(=O)c1cncc(NN)n1)C(C)COC. The van der Waals surface area contributed by atoms with Crippen molar-refractivity contribution in [2.45, 2.75) is 13.0 Å². The van der Waals surface area contributed by atoms with E-state index in [-0.39, 0.29) is 17.6 Å². The molecule has 0 spiro atoms. The number of nitrogens with one attached hydrogen (secondary N) is 1. The number of aromatic nitrogens is 2. The topological polar surface area (TPSA) is 103 Å². The Bertz CT molecular complexity index is 429. The van der Waals surface area contributed by atoms with Gasteiger partial charge in [0.1, 0.15) is 5.69 Å². The second-order valence-electron chi connectivity index (χ2n) is 4.23. The summed E-state index contributed by atoms with van der Waals surface area (Å²) >= 11 is 0. The highest BCUT2D eigenvalue weighted by Crippen LogP contribution is 2.08. The highest BCUT2D eigenvalue weighted by Gasteiger charge is 2.22. The smallest absolute Gasteiger partial charge is 0.274 e. The number of ether oxygens (including phenoxy) is 2. The zero-order chi connectivity index (χ0) is 15.0. The van der Waals surface area contributed by atoms with Crippen molar-refractivity contribution in [3.05, 3.63) is 18.1 Å². The Kier molecular flexibility index (Phi) is 6.85. The molecule has 0 saturated heterocycles. The molecule has 1 amide bonds. The first-order valence-corrected chi connectivity index (χ1v) is 6.21. The molecule has 1 atom stereocenters. The quantitative estimate of drug-likeness (QED) is 0.506. The number of hydrogen-bond donors (Lipinski definition) is 2. The van der Waals surface area contributed by atoms with Gasteiger partial charge in [-0.05, 0) is 6.92 Å². The molecule has 1 rings (SSSR count). The van der Waals surface area contributed by atoms with E-state index in [4.69, 9.17) is 15.3 Å². The van der Waals surface area contributed by atoms with E-state index in [9.17, 15) is 4.79 Å². The van der Waals surface area contributed by atoms with Crippen LogP contribution >= 0.6 is 0 Å². The summed E-state index contributed by atoms with van der Waals surface area (Å²) in [6, 6.07) is -0.0982. The van der Waals surface area contributed by atoms with Crippen LogP contribution in [0.25, 0.3) is 0 Å². The lowest BCUT2D eigenvalue weighted by Gasteiger charge is -2.28. The fourth-order valence-corrected chi connectivity index (χ4v) is 1.73. The largest absolute Gasteiger partial charge is 0.383 e. The van der Waals surface area contributed by atoms with Crippen molar-refractivity contribution in [2.75, 3.05) is 39.4 Å². The van der Waals surface area contributed by atoms with Crippen molar-refractivity contribution in [3.8, 4) is 0 Å². The average molecular weight is 283 g/mol. The molecule has 8 nitrogen and oxygen atoms in total. The van der Waals surface area contributed by atoms with Crippen molar-refractivity contribution in [1.82, 2.24) is 14.9 Å². The summed E-state index contributed by atoms with van der Waals surface area (Å²) in [5.41, 5.74) is 2.59. The van der Waals surface area contributed by atoms with Gasteiger partial charge in [-0.25, -0.2) is 10.8 Å². The molecule has 0 saturated carbocycles. The van der Waals surface area contributed by atoms with Gasteiger partial charge in [0.05, 0.1) is 31.6 Å². The molecule has 0 aliphatic rings.